The van der Waals surface area contributed by atoms with Crippen LogP contribution in [0.3, 0.4) is 0 Å². The van der Waals surface area contributed by atoms with Crippen molar-refractivity contribution in [2.45, 2.75) is 26.3 Å². The molecular weight excluding hydrogens is 268 g/mol. The average Bonchev–Trinajstić information content (AvgIpc) is 2.94. The summed E-state index contributed by atoms with van der Waals surface area (Å²) in [5, 5.41) is 0.699. The molecule has 5 heteroatoms. The molecule has 1 N–H and O–H groups in total. The topological polar surface area (TPSA) is 62.4 Å². The fourth-order valence-corrected chi connectivity index (χ4v) is 2.16. The molecule has 21 heavy (non-hydrogen) atoms. The van der Waals surface area contributed by atoms with Gasteiger partial charge in [-0.15, -0.1) is 0 Å². The van der Waals surface area contributed by atoms with E-state index < -0.39 is 11.7 Å². The quantitative estimate of drug-likeness (QED) is 0.679. The second-order valence-corrected chi connectivity index (χ2v) is 5.12. The molecule has 2 rings (SSSR count). The van der Waals surface area contributed by atoms with Crippen LogP contribution in [0.1, 0.15) is 30.6 Å². The van der Waals surface area contributed by atoms with Crippen molar-refractivity contribution < 1.29 is 14.3 Å². The number of carbonyl (C=O) groups excluding carboxylic acids is 2. The molecule has 0 fully saturated rings. The lowest BCUT2D eigenvalue weighted by atomic mass is 10.1. The molecule has 0 radical (unpaired) electrons. The van der Waals surface area contributed by atoms with Gasteiger partial charge in [-0.25, -0.2) is 0 Å². The van der Waals surface area contributed by atoms with Crippen LogP contribution < -0.4 is 4.74 Å². The van der Waals surface area contributed by atoms with Crippen LogP contribution in [-0.2, 0) is 4.79 Å². The van der Waals surface area contributed by atoms with Crippen molar-refractivity contribution in [3.05, 3.63) is 30.0 Å². The Morgan fingerprint density at radius 1 is 1.38 bits per heavy atom. The van der Waals surface area contributed by atoms with E-state index in [1.807, 2.05) is 19.9 Å². The van der Waals surface area contributed by atoms with Crippen molar-refractivity contribution in [2.24, 2.45) is 0 Å². The third-order valence-electron chi connectivity index (χ3n) is 3.90. The van der Waals surface area contributed by atoms with Crippen LogP contribution in [0.25, 0.3) is 10.9 Å². The summed E-state index contributed by atoms with van der Waals surface area (Å²) in [4.78, 5) is 29.2. The Morgan fingerprint density at radius 2 is 2.10 bits per heavy atom. The summed E-state index contributed by atoms with van der Waals surface area (Å²) in [5.41, 5.74) is 1.18. The fraction of sp³-hybridized carbons (Fsp3) is 0.375. The van der Waals surface area contributed by atoms with Gasteiger partial charge in [0.1, 0.15) is 5.75 Å². The molecule has 0 aliphatic rings. The number of ether oxygens (including phenoxy) is 1. The van der Waals surface area contributed by atoms with E-state index in [4.69, 9.17) is 4.74 Å². The van der Waals surface area contributed by atoms with Gasteiger partial charge in [0.2, 0.25) is 0 Å². The minimum atomic E-state index is -0.502. The number of aromatic nitrogens is 1. The normalized spacial score (nSPS) is 12.2. The molecule has 112 valence electrons. The highest BCUT2D eigenvalue weighted by atomic mass is 16.5. The SMILES string of the molecule is CCC(C)N(C)C(=O)C(=O)c1c[nH]c2ccc(OC)cc12. The number of nitrogens with zero attached hydrogens (tertiary/aromatic N) is 1. The molecule has 1 unspecified atom stereocenters. The van der Waals surface area contributed by atoms with Gasteiger partial charge in [-0.05, 0) is 31.5 Å². The van der Waals surface area contributed by atoms with Gasteiger partial charge < -0.3 is 14.6 Å². The molecule has 1 atom stereocenters. The number of nitrogens with one attached hydrogen (secondary N) is 1. The summed E-state index contributed by atoms with van der Waals surface area (Å²) in [6.07, 6.45) is 2.38. The van der Waals surface area contributed by atoms with Crippen LogP contribution in [0.15, 0.2) is 24.4 Å². The van der Waals surface area contributed by atoms with E-state index >= 15 is 0 Å². The number of rotatable bonds is 5. The maximum atomic E-state index is 12.4. The minimum Gasteiger partial charge on any atom is -0.497 e. The first kappa shape index (κ1) is 15.1. The number of H-pyrrole nitrogens is 1. The van der Waals surface area contributed by atoms with E-state index in [0.29, 0.717) is 16.7 Å². The number of hydrogen-bond acceptors (Lipinski definition) is 3. The number of likely N-dealkylation sites (N-methyl/N-ethyl adjacent to an activating group) is 1. The summed E-state index contributed by atoms with van der Waals surface area (Å²) in [5.74, 6) is -0.343. The summed E-state index contributed by atoms with van der Waals surface area (Å²) >= 11 is 0. The lowest BCUT2D eigenvalue weighted by Crippen LogP contribution is -2.39. The van der Waals surface area contributed by atoms with E-state index in [1.165, 1.54) is 4.90 Å². The van der Waals surface area contributed by atoms with Crippen molar-refractivity contribution in [2.75, 3.05) is 14.2 Å². The molecule has 0 aliphatic heterocycles. The van der Waals surface area contributed by atoms with Crippen LogP contribution in [-0.4, -0.2) is 41.8 Å². The Morgan fingerprint density at radius 3 is 2.71 bits per heavy atom. The molecule has 5 nitrogen and oxygen atoms in total. The number of amides is 1. The zero-order valence-electron chi connectivity index (χ0n) is 12.8. The molecule has 1 heterocycles. The Labute approximate surface area is 123 Å². The Kier molecular flexibility index (Phi) is 4.31. The third kappa shape index (κ3) is 2.77. The number of carbonyl (C=O) groups is 2. The van der Waals surface area contributed by atoms with Gasteiger partial charge in [-0.3, -0.25) is 9.59 Å². The molecule has 0 aliphatic carbocycles. The molecule has 0 bridgehead atoms. The molecule has 0 saturated heterocycles. The number of aromatic amines is 1. The van der Waals surface area contributed by atoms with Gasteiger partial charge in [0.25, 0.3) is 11.7 Å². The number of ketones is 1. The summed E-state index contributed by atoms with van der Waals surface area (Å²) in [6.45, 7) is 3.90. The van der Waals surface area contributed by atoms with Crippen molar-refractivity contribution in [3.63, 3.8) is 0 Å². The van der Waals surface area contributed by atoms with Gasteiger partial charge in [0, 0.05) is 30.2 Å². The number of hydrogen-bond donors (Lipinski definition) is 1. The van der Waals surface area contributed by atoms with E-state index in [2.05, 4.69) is 4.98 Å². The van der Waals surface area contributed by atoms with Gasteiger partial charge >= 0.3 is 0 Å². The summed E-state index contributed by atoms with van der Waals surface area (Å²) in [6, 6.07) is 5.42. The maximum Gasteiger partial charge on any atom is 0.295 e. The lowest BCUT2D eigenvalue weighted by molar-refractivity contribution is -0.126. The highest BCUT2D eigenvalue weighted by molar-refractivity contribution is 6.44. The second-order valence-electron chi connectivity index (χ2n) is 5.12. The summed E-state index contributed by atoms with van der Waals surface area (Å²) < 4.78 is 5.17. The monoisotopic (exact) mass is 288 g/mol. The van der Waals surface area contributed by atoms with Crippen LogP contribution in [0, 0.1) is 0 Å². The number of methoxy groups -OCH3 is 1. The number of fused-ring (bicyclic) bond motifs is 1. The first-order valence-corrected chi connectivity index (χ1v) is 6.96. The van der Waals surface area contributed by atoms with Gasteiger partial charge in [-0.2, -0.15) is 0 Å². The van der Waals surface area contributed by atoms with E-state index in [0.717, 1.165) is 11.9 Å². The molecule has 0 spiro atoms. The minimum absolute atomic E-state index is 0.0289. The molecule has 2 aromatic rings. The van der Waals surface area contributed by atoms with Crippen molar-refractivity contribution in [1.29, 1.82) is 0 Å². The largest absolute Gasteiger partial charge is 0.497 e. The maximum absolute atomic E-state index is 12.4. The highest BCUT2D eigenvalue weighted by Gasteiger charge is 2.25. The number of benzene rings is 1. The molecule has 1 amide bonds. The Bertz CT molecular complexity index is 675. The highest BCUT2D eigenvalue weighted by Crippen LogP contribution is 2.24. The second kappa shape index (κ2) is 5.99. The molecular formula is C16H20N2O3. The lowest BCUT2D eigenvalue weighted by Gasteiger charge is -2.22. The zero-order valence-corrected chi connectivity index (χ0v) is 12.8. The van der Waals surface area contributed by atoms with Gasteiger partial charge in [0.15, 0.2) is 0 Å². The van der Waals surface area contributed by atoms with Crippen LogP contribution >= 0.6 is 0 Å². The van der Waals surface area contributed by atoms with Crippen molar-refractivity contribution in [1.82, 2.24) is 9.88 Å². The van der Waals surface area contributed by atoms with Gasteiger partial charge in [-0.1, -0.05) is 6.92 Å². The van der Waals surface area contributed by atoms with E-state index in [-0.39, 0.29) is 6.04 Å². The van der Waals surface area contributed by atoms with Crippen LogP contribution in [0.4, 0.5) is 0 Å². The average molecular weight is 288 g/mol. The number of Topliss-reactive ketones (excluding diaryl/α,β-unsaturated/α-hetero) is 1. The van der Waals surface area contributed by atoms with Crippen molar-refractivity contribution in [3.8, 4) is 5.75 Å². The first-order chi connectivity index (χ1) is 9.99. The molecule has 0 saturated carbocycles. The zero-order chi connectivity index (χ0) is 15.6. The smallest absolute Gasteiger partial charge is 0.295 e. The van der Waals surface area contributed by atoms with Crippen molar-refractivity contribution >= 4 is 22.6 Å². The van der Waals surface area contributed by atoms with Crippen LogP contribution in [0.5, 0.6) is 5.75 Å². The van der Waals surface area contributed by atoms with E-state index in [9.17, 15) is 9.59 Å². The first-order valence-electron chi connectivity index (χ1n) is 6.96. The predicted molar refractivity (Wildman–Crippen MR) is 81.7 cm³/mol. The standard InChI is InChI=1S/C16H20N2O3/c1-5-10(2)18(3)16(20)15(19)13-9-17-14-7-6-11(21-4)8-12(13)14/h6-10,17H,5H2,1-4H3. The molecule has 1 aromatic carbocycles. The van der Waals surface area contributed by atoms with E-state index in [1.54, 1.807) is 32.5 Å². The van der Waals surface area contributed by atoms with Crippen LogP contribution in [0.2, 0.25) is 0 Å². The van der Waals surface area contributed by atoms with Gasteiger partial charge in [0.05, 0.1) is 12.7 Å². The Hall–Kier alpha value is -2.30. The third-order valence-corrected chi connectivity index (χ3v) is 3.90. The summed E-state index contributed by atoms with van der Waals surface area (Å²) in [7, 11) is 3.22. The predicted octanol–water partition coefficient (Wildman–Crippen LogP) is 2.62. The fourth-order valence-electron chi connectivity index (χ4n) is 2.16. The molecule has 1 aromatic heterocycles. The Balaban J connectivity index is 2.37.